The van der Waals surface area contributed by atoms with Crippen LogP contribution in [0, 0.1) is 0 Å². The van der Waals surface area contributed by atoms with Crippen molar-refractivity contribution in [3.8, 4) is 11.6 Å². The van der Waals surface area contributed by atoms with E-state index < -0.39 is 0 Å². The van der Waals surface area contributed by atoms with E-state index in [1.165, 1.54) is 5.56 Å². The van der Waals surface area contributed by atoms with E-state index in [1.54, 1.807) is 6.07 Å². The van der Waals surface area contributed by atoms with Gasteiger partial charge in [0.15, 0.2) is 0 Å². The number of rotatable bonds is 5. The number of hydrogen-bond donors (Lipinski definition) is 1. The fourth-order valence-electron chi connectivity index (χ4n) is 1.99. The molecule has 1 N–H and O–H groups in total. The summed E-state index contributed by atoms with van der Waals surface area (Å²) in [6.45, 7) is 6.36. The molecule has 106 valence electrons. The molecule has 0 amide bonds. The van der Waals surface area contributed by atoms with E-state index in [9.17, 15) is 5.11 Å². The predicted molar refractivity (Wildman–Crippen MR) is 80.1 cm³/mol. The van der Waals surface area contributed by atoms with Gasteiger partial charge in [0.25, 0.3) is 0 Å². The van der Waals surface area contributed by atoms with Crippen LogP contribution in [0.25, 0.3) is 0 Å². The van der Waals surface area contributed by atoms with E-state index >= 15 is 0 Å². The molecule has 3 heteroatoms. The molecule has 1 heterocycles. The minimum absolute atomic E-state index is 0.00182. The topological polar surface area (TPSA) is 42.4 Å². The Morgan fingerprint density at radius 3 is 2.40 bits per heavy atom. The van der Waals surface area contributed by atoms with Crippen LogP contribution in [0.4, 0.5) is 0 Å². The van der Waals surface area contributed by atoms with Gasteiger partial charge in [0, 0.05) is 11.8 Å². The summed E-state index contributed by atoms with van der Waals surface area (Å²) in [4.78, 5) is 4.42. The summed E-state index contributed by atoms with van der Waals surface area (Å²) in [5.41, 5.74) is 3.03. The Hall–Kier alpha value is -1.87. The van der Waals surface area contributed by atoms with E-state index in [-0.39, 0.29) is 6.61 Å². The average Bonchev–Trinajstić information content (AvgIpc) is 2.47. The van der Waals surface area contributed by atoms with E-state index in [0.29, 0.717) is 11.8 Å². The summed E-state index contributed by atoms with van der Waals surface area (Å²) in [5, 5.41) is 9.26. The van der Waals surface area contributed by atoms with Gasteiger partial charge >= 0.3 is 0 Å². The first-order valence-corrected chi connectivity index (χ1v) is 7.01. The van der Waals surface area contributed by atoms with Crippen LogP contribution in [0.1, 0.15) is 43.5 Å². The smallest absolute Gasteiger partial charge is 0.219 e. The highest BCUT2D eigenvalue weighted by Gasteiger charge is 2.05. The lowest BCUT2D eigenvalue weighted by atomic mass is 10.0. The number of nitrogens with zero attached hydrogens (tertiary/aromatic N) is 1. The molecule has 20 heavy (non-hydrogen) atoms. The number of aryl methyl sites for hydroxylation is 1. The van der Waals surface area contributed by atoms with Gasteiger partial charge in [0.2, 0.25) is 5.88 Å². The van der Waals surface area contributed by atoms with E-state index in [0.717, 1.165) is 23.4 Å². The molecule has 0 aliphatic rings. The molecule has 0 bridgehead atoms. The van der Waals surface area contributed by atoms with Crippen molar-refractivity contribution in [1.29, 1.82) is 0 Å². The monoisotopic (exact) mass is 271 g/mol. The molecule has 1 aromatic heterocycles. The van der Waals surface area contributed by atoms with Crippen LogP contribution < -0.4 is 4.74 Å². The highest BCUT2D eigenvalue weighted by Crippen LogP contribution is 2.24. The van der Waals surface area contributed by atoms with Gasteiger partial charge in [-0.2, -0.15) is 0 Å². The molecule has 0 radical (unpaired) electrons. The van der Waals surface area contributed by atoms with Crippen LogP contribution in [0.3, 0.4) is 0 Å². The normalized spacial score (nSPS) is 10.8. The lowest BCUT2D eigenvalue weighted by Gasteiger charge is -2.10. The van der Waals surface area contributed by atoms with Crippen LogP contribution in [-0.4, -0.2) is 10.1 Å². The van der Waals surface area contributed by atoms with Gasteiger partial charge in [-0.3, -0.25) is 0 Å². The molecule has 3 nitrogen and oxygen atoms in total. The molecule has 0 saturated heterocycles. The zero-order chi connectivity index (χ0) is 14.5. The molecule has 2 rings (SSSR count). The van der Waals surface area contributed by atoms with Crippen molar-refractivity contribution in [3.05, 3.63) is 53.2 Å². The van der Waals surface area contributed by atoms with Crippen molar-refractivity contribution in [2.24, 2.45) is 0 Å². The zero-order valence-corrected chi connectivity index (χ0v) is 12.3. The number of hydrogen-bond acceptors (Lipinski definition) is 3. The number of pyridine rings is 1. The number of aromatic nitrogens is 1. The fourth-order valence-corrected chi connectivity index (χ4v) is 1.99. The van der Waals surface area contributed by atoms with Gasteiger partial charge in [-0.1, -0.05) is 32.9 Å². The molecule has 1 aromatic carbocycles. The molecule has 0 fully saturated rings. The van der Waals surface area contributed by atoms with Crippen LogP contribution >= 0.6 is 0 Å². The summed E-state index contributed by atoms with van der Waals surface area (Å²) in [5.74, 6) is 1.80. The summed E-state index contributed by atoms with van der Waals surface area (Å²) in [6.07, 6.45) is 0.816. The minimum Gasteiger partial charge on any atom is -0.439 e. The van der Waals surface area contributed by atoms with Crippen molar-refractivity contribution < 1.29 is 9.84 Å². The highest BCUT2D eigenvalue weighted by molar-refractivity contribution is 5.33. The van der Waals surface area contributed by atoms with Gasteiger partial charge in [0.1, 0.15) is 5.75 Å². The Morgan fingerprint density at radius 2 is 1.85 bits per heavy atom. The summed E-state index contributed by atoms with van der Waals surface area (Å²) in [7, 11) is 0. The van der Waals surface area contributed by atoms with Gasteiger partial charge in [-0.15, -0.1) is 0 Å². The van der Waals surface area contributed by atoms with Crippen LogP contribution in [0.5, 0.6) is 11.6 Å². The first-order valence-electron chi connectivity index (χ1n) is 7.01. The second-order valence-electron chi connectivity index (χ2n) is 5.14. The molecule has 0 saturated carbocycles. The van der Waals surface area contributed by atoms with Crippen molar-refractivity contribution >= 4 is 0 Å². The second-order valence-corrected chi connectivity index (χ2v) is 5.14. The molecular formula is C17H21NO2. The maximum Gasteiger partial charge on any atom is 0.219 e. The van der Waals surface area contributed by atoms with Crippen LogP contribution in [0.15, 0.2) is 36.4 Å². The summed E-state index contributed by atoms with van der Waals surface area (Å²) >= 11 is 0. The fraction of sp³-hybridized carbons (Fsp3) is 0.353. The maximum absolute atomic E-state index is 9.26. The molecule has 0 atom stereocenters. The summed E-state index contributed by atoms with van der Waals surface area (Å²) in [6, 6.07) is 11.7. The Balaban J connectivity index is 2.20. The SMILES string of the molecule is CCc1cc(CO)cc(Oc2ccc(C(C)C)cc2)n1. The molecule has 0 unspecified atom stereocenters. The third kappa shape index (κ3) is 3.58. The average molecular weight is 271 g/mol. The third-order valence-corrected chi connectivity index (χ3v) is 3.23. The Morgan fingerprint density at radius 1 is 1.15 bits per heavy atom. The van der Waals surface area contributed by atoms with E-state index in [2.05, 4.69) is 31.0 Å². The lowest BCUT2D eigenvalue weighted by Crippen LogP contribution is -1.96. The number of ether oxygens (including phenoxy) is 1. The zero-order valence-electron chi connectivity index (χ0n) is 12.3. The molecule has 0 aliphatic carbocycles. The Bertz CT molecular complexity index is 539. The Kier molecular flexibility index (Phi) is 4.74. The van der Waals surface area contributed by atoms with Gasteiger partial charge in [-0.25, -0.2) is 4.98 Å². The third-order valence-electron chi connectivity index (χ3n) is 3.23. The van der Waals surface area contributed by atoms with Gasteiger partial charge in [-0.05, 0) is 41.7 Å². The maximum atomic E-state index is 9.26. The van der Waals surface area contributed by atoms with Gasteiger partial charge in [0.05, 0.1) is 6.61 Å². The van der Waals surface area contributed by atoms with E-state index in [1.807, 2.05) is 25.1 Å². The van der Waals surface area contributed by atoms with Crippen molar-refractivity contribution in [2.75, 3.05) is 0 Å². The van der Waals surface area contributed by atoms with Crippen molar-refractivity contribution in [2.45, 2.75) is 39.7 Å². The van der Waals surface area contributed by atoms with Gasteiger partial charge < -0.3 is 9.84 Å². The lowest BCUT2D eigenvalue weighted by molar-refractivity contribution is 0.281. The van der Waals surface area contributed by atoms with Crippen molar-refractivity contribution in [1.82, 2.24) is 4.98 Å². The number of aliphatic hydroxyl groups is 1. The van der Waals surface area contributed by atoms with Crippen molar-refractivity contribution in [3.63, 3.8) is 0 Å². The molecular weight excluding hydrogens is 250 g/mol. The van der Waals surface area contributed by atoms with Crippen LogP contribution in [-0.2, 0) is 13.0 Å². The second kappa shape index (κ2) is 6.53. The molecule has 0 aliphatic heterocycles. The standard InChI is InChI=1S/C17H21NO2/c1-4-15-9-13(11-19)10-17(18-15)20-16-7-5-14(6-8-16)12(2)3/h5-10,12,19H,4,11H2,1-3H3. The van der Waals surface area contributed by atoms with Crippen LogP contribution in [0.2, 0.25) is 0 Å². The first-order chi connectivity index (χ1) is 9.62. The largest absolute Gasteiger partial charge is 0.439 e. The Labute approximate surface area is 120 Å². The highest BCUT2D eigenvalue weighted by atomic mass is 16.5. The minimum atomic E-state index is -0.00182. The summed E-state index contributed by atoms with van der Waals surface area (Å²) < 4.78 is 5.78. The van der Waals surface area contributed by atoms with E-state index in [4.69, 9.17) is 4.74 Å². The predicted octanol–water partition coefficient (Wildman–Crippen LogP) is 4.05. The number of aliphatic hydroxyl groups excluding tert-OH is 1. The quantitative estimate of drug-likeness (QED) is 0.892. The molecule has 0 spiro atoms. The molecule has 2 aromatic rings. The number of benzene rings is 1. The first kappa shape index (κ1) is 14.5.